The van der Waals surface area contributed by atoms with Crippen LogP contribution in [0.5, 0.6) is 0 Å². The van der Waals surface area contributed by atoms with Gasteiger partial charge in [-0.3, -0.25) is 4.72 Å². The predicted octanol–water partition coefficient (Wildman–Crippen LogP) is 1.81. The molecule has 1 N–H and O–H groups in total. The maximum Gasteiger partial charge on any atom is 0.339 e. The molecule has 2 aromatic rings. The van der Waals surface area contributed by atoms with Gasteiger partial charge in [-0.1, -0.05) is 0 Å². The zero-order chi connectivity index (χ0) is 15.5. The first-order valence-electron chi connectivity index (χ1n) is 5.75. The molecule has 0 unspecified atom stereocenters. The zero-order valence-electron chi connectivity index (χ0n) is 10.9. The predicted molar refractivity (Wildman–Crippen MR) is 72.8 cm³/mol. The SMILES string of the molecule is COC(=O)c1ccc(NS(=O)(=O)c2ccc(F)cc2)nc1. The fraction of sp³-hybridized carbons (Fsp3) is 0.0769. The fourth-order valence-corrected chi connectivity index (χ4v) is 2.51. The molecule has 0 fully saturated rings. The third kappa shape index (κ3) is 3.54. The number of halogens is 1. The second kappa shape index (κ2) is 5.88. The van der Waals surface area contributed by atoms with Gasteiger partial charge in [0, 0.05) is 6.20 Å². The van der Waals surface area contributed by atoms with Crippen molar-refractivity contribution in [2.24, 2.45) is 0 Å². The Morgan fingerprint density at radius 1 is 1.19 bits per heavy atom. The van der Waals surface area contributed by atoms with Crippen LogP contribution >= 0.6 is 0 Å². The van der Waals surface area contributed by atoms with Crippen LogP contribution in [-0.2, 0) is 14.8 Å². The molecular formula is C13H11FN2O4S. The third-order valence-corrected chi connectivity index (χ3v) is 3.92. The molecule has 0 saturated carbocycles. The normalized spacial score (nSPS) is 11.0. The van der Waals surface area contributed by atoms with E-state index in [0.29, 0.717) is 0 Å². The van der Waals surface area contributed by atoms with Crippen molar-refractivity contribution in [2.75, 3.05) is 11.8 Å². The first-order valence-corrected chi connectivity index (χ1v) is 7.23. The van der Waals surface area contributed by atoms with Gasteiger partial charge in [0.15, 0.2) is 0 Å². The van der Waals surface area contributed by atoms with Crippen molar-refractivity contribution in [1.82, 2.24) is 4.98 Å². The molecule has 0 spiro atoms. The number of sulfonamides is 1. The fourth-order valence-electron chi connectivity index (χ4n) is 1.50. The number of hydrogen-bond acceptors (Lipinski definition) is 5. The van der Waals surface area contributed by atoms with Crippen molar-refractivity contribution in [3.8, 4) is 0 Å². The minimum Gasteiger partial charge on any atom is -0.465 e. The highest BCUT2D eigenvalue weighted by molar-refractivity contribution is 7.92. The molecule has 0 aliphatic carbocycles. The van der Waals surface area contributed by atoms with Crippen LogP contribution in [0.4, 0.5) is 10.2 Å². The standard InChI is InChI=1S/C13H11FN2O4S/c1-20-13(17)9-2-7-12(15-8-9)16-21(18,19)11-5-3-10(14)4-6-11/h2-8H,1H3,(H,15,16). The van der Waals surface area contributed by atoms with Crippen LogP contribution in [0.1, 0.15) is 10.4 Å². The number of anilines is 1. The largest absolute Gasteiger partial charge is 0.465 e. The number of ether oxygens (including phenoxy) is 1. The Morgan fingerprint density at radius 2 is 1.86 bits per heavy atom. The maximum absolute atomic E-state index is 12.8. The molecule has 8 heteroatoms. The number of aromatic nitrogens is 1. The van der Waals surface area contributed by atoms with Crippen molar-refractivity contribution >= 4 is 21.8 Å². The minimum absolute atomic E-state index is 0.0342. The van der Waals surface area contributed by atoms with E-state index in [-0.39, 0.29) is 16.3 Å². The Balaban J connectivity index is 2.20. The van der Waals surface area contributed by atoms with Crippen molar-refractivity contribution in [3.05, 3.63) is 54.0 Å². The third-order valence-electron chi connectivity index (χ3n) is 2.55. The number of nitrogens with one attached hydrogen (secondary N) is 1. The number of carbonyl (C=O) groups is 1. The molecule has 0 amide bonds. The highest BCUT2D eigenvalue weighted by Crippen LogP contribution is 2.15. The van der Waals surface area contributed by atoms with Gasteiger partial charge in [-0.05, 0) is 36.4 Å². The molecule has 0 aliphatic rings. The van der Waals surface area contributed by atoms with Crippen LogP contribution in [0, 0.1) is 5.82 Å². The lowest BCUT2D eigenvalue weighted by atomic mass is 10.3. The average Bonchev–Trinajstić information content (AvgIpc) is 2.47. The van der Waals surface area contributed by atoms with Crippen LogP contribution < -0.4 is 4.72 Å². The monoisotopic (exact) mass is 310 g/mol. The Labute approximate surface area is 120 Å². The van der Waals surface area contributed by atoms with E-state index >= 15 is 0 Å². The molecule has 110 valence electrons. The van der Waals surface area contributed by atoms with Crippen LogP contribution in [0.25, 0.3) is 0 Å². The Bertz CT molecular complexity index is 743. The zero-order valence-corrected chi connectivity index (χ0v) is 11.7. The summed E-state index contributed by atoms with van der Waals surface area (Å²) >= 11 is 0. The lowest BCUT2D eigenvalue weighted by Crippen LogP contribution is -2.14. The lowest BCUT2D eigenvalue weighted by Gasteiger charge is -2.07. The minimum atomic E-state index is -3.86. The van der Waals surface area contributed by atoms with E-state index in [1.807, 2.05) is 0 Å². The molecule has 0 bridgehead atoms. The smallest absolute Gasteiger partial charge is 0.339 e. The Kier molecular flexibility index (Phi) is 4.18. The van der Waals surface area contributed by atoms with E-state index in [1.165, 1.54) is 25.4 Å². The van der Waals surface area contributed by atoms with Gasteiger partial charge in [-0.15, -0.1) is 0 Å². The van der Waals surface area contributed by atoms with Crippen LogP contribution in [0.3, 0.4) is 0 Å². The summed E-state index contributed by atoms with van der Waals surface area (Å²) in [6.07, 6.45) is 1.19. The van der Waals surface area contributed by atoms with Crippen molar-refractivity contribution in [1.29, 1.82) is 0 Å². The summed E-state index contributed by atoms with van der Waals surface area (Å²) in [4.78, 5) is 14.9. The van der Waals surface area contributed by atoms with Gasteiger partial charge >= 0.3 is 5.97 Å². The number of nitrogens with zero attached hydrogens (tertiary/aromatic N) is 1. The molecule has 0 atom stereocenters. The van der Waals surface area contributed by atoms with E-state index in [1.54, 1.807) is 0 Å². The number of carbonyl (C=O) groups excluding carboxylic acids is 1. The Hall–Kier alpha value is -2.48. The number of esters is 1. The van der Waals surface area contributed by atoms with E-state index in [2.05, 4.69) is 14.4 Å². The summed E-state index contributed by atoms with van der Waals surface area (Å²) in [5.41, 5.74) is 0.197. The van der Waals surface area contributed by atoms with Crippen LogP contribution in [0.15, 0.2) is 47.5 Å². The van der Waals surface area contributed by atoms with Crippen molar-refractivity contribution in [2.45, 2.75) is 4.90 Å². The number of hydrogen-bond donors (Lipinski definition) is 1. The van der Waals surface area contributed by atoms with Crippen molar-refractivity contribution in [3.63, 3.8) is 0 Å². The van der Waals surface area contributed by atoms with E-state index in [9.17, 15) is 17.6 Å². The van der Waals surface area contributed by atoms with Gasteiger partial charge < -0.3 is 4.74 Å². The van der Waals surface area contributed by atoms with Crippen LogP contribution in [-0.4, -0.2) is 26.5 Å². The van der Waals surface area contributed by atoms with Gasteiger partial charge in [-0.25, -0.2) is 22.6 Å². The highest BCUT2D eigenvalue weighted by Gasteiger charge is 2.15. The molecule has 21 heavy (non-hydrogen) atoms. The lowest BCUT2D eigenvalue weighted by molar-refractivity contribution is 0.0600. The van der Waals surface area contributed by atoms with E-state index in [0.717, 1.165) is 24.3 Å². The van der Waals surface area contributed by atoms with E-state index in [4.69, 9.17) is 0 Å². The quantitative estimate of drug-likeness (QED) is 0.870. The number of benzene rings is 1. The summed E-state index contributed by atoms with van der Waals surface area (Å²) in [5.74, 6) is -1.07. The molecular weight excluding hydrogens is 299 g/mol. The molecule has 1 aromatic carbocycles. The summed E-state index contributed by atoms with van der Waals surface area (Å²) in [7, 11) is -2.63. The molecule has 0 aliphatic heterocycles. The number of pyridine rings is 1. The topological polar surface area (TPSA) is 85.4 Å². The first kappa shape index (κ1) is 14.9. The molecule has 0 radical (unpaired) electrons. The molecule has 1 heterocycles. The van der Waals surface area contributed by atoms with Crippen LogP contribution in [0.2, 0.25) is 0 Å². The van der Waals surface area contributed by atoms with E-state index < -0.39 is 21.8 Å². The number of methoxy groups -OCH3 is 1. The summed E-state index contributed by atoms with van der Waals surface area (Å²) in [6, 6.07) is 7.07. The molecule has 1 aromatic heterocycles. The second-order valence-electron chi connectivity index (χ2n) is 3.98. The van der Waals surface area contributed by atoms with Gasteiger partial charge in [-0.2, -0.15) is 0 Å². The number of rotatable bonds is 4. The summed E-state index contributed by atoms with van der Waals surface area (Å²) in [6.45, 7) is 0. The first-order chi connectivity index (χ1) is 9.92. The van der Waals surface area contributed by atoms with Gasteiger partial charge in [0.1, 0.15) is 11.6 Å². The van der Waals surface area contributed by atoms with Gasteiger partial charge in [0.25, 0.3) is 10.0 Å². The summed E-state index contributed by atoms with van der Waals surface area (Å²) in [5, 5.41) is 0. The van der Waals surface area contributed by atoms with Gasteiger partial charge in [0.2, 0.25) is 0 Å². The molecule has 2 rings (SSSR count). The highest BCUT2D eigenvalue weighted by atomic mass is 32.2. The molecule has 0 saturated heterocycles. The van der Waals surface area contributed by atoms with Crippen molar-refractivity contribution < 1.29 is 22.3 Å². The second-order valence-corrected chi connectivity index (χ2v) is 5.67. The Morgan fingerprint density at radius 3 is 2.38 bits per heavy atom. The molecule has 6 nitrogen and oxygen atoms in total. The average molecular weight is 310 g/mol. The summed E-state index contributed by atoms with van der Waals surface area (Å²) < 4.78 is 43.6. The van der Waals surface area contributed by atoms with Gasteiger partial charge in [0.05, 0.1) is 17.6 Å². The maximum atomic E-state index is 12.8.